The van der Waals surface area contributed by atoms with E-state index in [0.29, 0.717) is 5.75 Å². The highest BCUT2D eigenvalue weighted by atomic mass is 16.5. The predicted octanol–water partition coefficient (Wildman–Crippen LogP) is -1.60. The van der Waals surface area contributed by atoms with Gasteiger partial charge < -0.3 is 4.74 Å². The number of carbonyl (C=O) groups excluding carboxylic acids is 2. The number of amides is 2. The minimum Gasteiger partial charge on any atom is -0.494 e. The van der Waals surface area contributed by atoms with Crippen LogP contribution >= 0.6 is 0 Å². The molecule has 0 radical (unpaired) electrons. The molecule has 14 heavy (non-hydrogen) atoms. The maximum absolute atomic E-state index is 10.9. The zero-order valence-corrected chi connectivity index (χ0v) is 7.22. The van der Waals surface area contributed by atoms with Gasteiger partial charge in [-0.1, -0.05) is 0 Å². The molecule has 6 nitrogen and oxygen atoms in total. The van der Waals surface area contributed by atoms with E-state index in [9.17, 15) is 9.59 Å². The Morgan fingerprint density at radius 3 is 2.64 bits per heavy atom. The first-order valence-electron chi connectivity index (χ1n) is 3.77. The number of aromatic nitrogens is 1. The fourth-order valence-electron chi connectivity index (χ4n) is 1.07. The highest BCUT2D eigenvalue weighted by molar-refractivity contribution is 6.36. The van der Waals surface area contributed by atoms with Crippen LogP contribution in [0.4, 0.5) is 0 Å². The number of hydrogen-bond acceptors (Lipinski definition) is 4. The van der Waals surface area contributed by atoms with Gasteiger partial charge in [-0.2, -0.15) is 9.98 Å². The van der Waals surface area contributed by atoms with Gasteiger partial charge in [0.15, 0.2) is 10.8 Å². The Morgan fingerprint density at radius 1 is 1.21 bits per heavy atom. The van der Waals surface area contributed by atoms with Crippen molar-refractivity contribution in [3.8, 4) is 5.75 Å². The topological polar surface area (TPSA) is 81.0 Å². The minimum atomic E-state index is -0.904. The second-order valence-electron chi connectivity index (χ2n) is 2.52. The number of rotatable bonds is 1. The first kappa shape index (κ1) is 8.49. The van der Waals surface area contributed by atoms with Gasteiger partial charge in [0.05, 0.1) is 7.11 Å². The molecule has 6 heteroatoms. The molecule has 0 saturated heterocycles. The molecule has 1 aliphatic rings. The van der Waals surface area contributed by atoms with Gasteiger partial charge in [0.1, 0.15) is 5.75 Å². The van der Waals surface area contributed by atoms with E-state index in [1.165, 1.54) is 13.3 Å². The first-order valence-corrected chi connectivity index (χ1v) is 3.77. The normalized spacial score (nSPS) is 14.1. The van der Waals surface area contributed by atoms with Crippen LogP contribution in [0, 0.1) is 0 Å². The van der Waals surface area contributed by atoms with E-state index >= 15 is 0 Å². The molecule has 2 rings (SSSR count). The molecule has 0 unspecified atom stereocenters. The van der Waals surface area contributed by atoms with Crippen molar-refractivity contribution < 1.29 is 14.3 Å². The summed E-state index contributed by atoms with van der Waals surface area (Å²) in [5.74, 6) is -1.43. The van der Waals surface area contributed by atoms with Gasteiger partial charge in [0.2, 0.25) is 0 Å². The predicted molar refractivity (Wildman–Crippen MR) is 43.1 cm³/mol. The summed E-state index contributed by atoms with van der Waals surface area (Å²) in [5, 5.41) is 0.208. The number of nitrogens with zero attached hydrogens (tertiary/aromatic N) is 3. The molecule has 0 atom stereocenters. The van der Waals surface area contributed by atoms with Gasteiger partial charge in [-0.15, -0.1) is 0 Å². The molecule has 1 aromatic heterocycles. The summed E-state index contributed by atoms with van der Waals surface area (Å²) in [4.78, 5) is 32.6. The van der Waals surface area contributed by atoms with E-state index in [1.807, 2.05) is 0 Å². The number of methoxy groups -OCH3 is 1. The fourth-order valence-corrected chi connectivity index (χ4v) is 1.07. The summed E-state index contributed by atoms with van der Waals surface area (Å²) < 4.78 is 4.94. The number of pyridine rings is 1. The van der Waals surface area contributed by atoms with E-state index in [2.05, 4.69) is 15.0 Å². The summed E-state index contributed by atoms with van der Waals surface area (Å²) in [6.45, 7) is 0. The van der Waals surface area contributed by atoms with Crippen LogP contribution in [0.1, 0.15) is 0 Å². The maximum Gasteiger partial charge on any atom is 0.339 e. The highest BCUT2D eigenvalue weighted by Gasteiger charge is 2.17. The van der Waals surface area contributed by atoms with Gasteiger partial charge in [-0.25, -0.2) is 4.98 Å². The van der Waals surface area contributed by atoms with Crippen molar-refractivity contribution in [1.29, 1.82) is 0 Å². The van der Waals surface area contributed by atoms with Gasteiger partial charge in [0.25, 0.3) is 0 Å². The third-order valence-corrected chi connectivity index (χ3v) is 1.69. The number of carbonyl (C=O) groups is 2. The molecule has 2 amide bonds. The highest BCUT2D eigenvalue weighted by Crippen LogP contribution is 1.97. The quantitative estimate of drug-likeness (QED) is 0.500. The van der Waals surface area contributed by atoms with Crippen LogP contribution < -0.4 is 15.6 Å². The summed E-state index contributed by atoms with van der Waals surface area (Å²) in [6.07, 6.45) is 1.43. The van der Waals surface area contributed by atoms with Crippen LogP contribution in [0.15, 0.2) is 22.2 Å². The van der Waals surface area contributed by atoms with Crippen LogP contribution in [0.5, 0.6) is 5.75 Å². The second-order valence-corrected chi connectivity index (χ2v) is 2.52. The first-order chi connectivity index (χ1) is 6.72. The Balaban J connectivity index is 2.85. The molecule has 0 aliphatic carbocycles. The Kier molecular flexibility index (Phi) is 1.81. The second kappa shape index (κ2) is 2.99. The van der Waals surface area contributed by atoms with Crippen molar-refractivity contribution in [2.45, 2.75) is 0 Å². The summed E-state index contributed by atoms with van der Waals surface area (Å²) in [7, 11) is 1.44. The van der Waals surface area contributed by atoms with Crippen LogP contribution in [-0.2, 0) is 9.59 Å². The standard InChI is InChI=1S/C8H5N3O3/c1-14-4-2-3-9-6-5(4)10-7(12)8(13)11-6/h2-3H,1H3. The molecule has 0 spiro atoms. The molecule has 0 aromatic carbocycles. The summed E-state index contributed by atoms with van der Waals surface area (Å²) in [5.41, 5.74) is 0.119. The van der Waals surface area contributed by atoms with Gasteiger partial charge in [-0.3, -0.25) is 9.59 Å². The van der Waals surface area contributed by atoms with Crippen molar-refractivity contribution in [3.63, 3.8) is 0 Å². The monoisotopic (exact) mass is 191 g/mol. The Morgan fingerprint density at radius 2 is 1.93 bits per heavy atom. The van der Waals surface area contributed by atoms with Crippen LogP contribution in [-0.4, -0.2) is 23.9 Å². The smallest absolute Gasteiger partial charge is 0.339 e. The lowest BCUT2D eigenvalue weighted by atomic mass is 10.4. The molecule has 70 valence electrons. The van der Waals surface area contributed by atoms with Crippen LogP contribution in [0.3, 0.4) is 0 Å². The molecule has 1 aliphatic heterocycles. The van der Waals surface area contributed by atoms with E-state index in [-0.39, 0.29) is 10.8 Å². The van der Waals surface area contributed by atoms with Crippen molar-refractivity contribution in [1.82, 2.24) is 4.98 Å². The van der Waals surface area contributed by atoms with Crippen molar-refractivity contribution in [3.05, 3.63) is 23.1 Å². The lowest BCUT2D eigenvalue weighted by molar-refractivity contribution is -0.135. The van der Waals surface area contributed by atoms with E-state index < -0.39 is 11.8 Å². The molecule has 2 heterocycles. The third-order valence-electron chi connectivity index (χ3n) is 1.69. The maximum atomic E-state index is 10.9. The zero-order chi connectivity index (χ0) is 10.1. The Hall–Kier alpha value is -2.11. The van der Waals surface area contributed by atoms with Crippen LogP contribution in [0.25, 0.3) is 0 Å². The van der Waals surface area contributed by atoms with Crippen molar-refractivity contribution in [2.75, 3.05) is 7.11 Å². The molecular weight excluding hydrogens is 186 g/mol. The minimum absolute atomic E-state index is 0.119. The average molecular weight is 191 g/mol. The van der Waals surface area contributed by atoms with Gasteiger partial charge >= 0.3 is 11.8 Å². The fraction of sp³-hybridized carbons (Fsp3) is 0.125. The molecule has 1 aromatic rings. The Labute approximate surface area is 78.0 Å². The average Bonchev–Trinajstić information content (AvgIpc) is 2.19. The van der Waals surface area contributed by atoms with Crippen molar-refractivity contribution in [2.24, 2.45) is 9.98 Å². The van der Waals surface area contributed by atoms with Crippen LogP contribution in [0.2, 0.25) is 0 Å². The number of ether oxygens (including phenoxy) is 1. The molecular formula is C8H5N3O3. The SMILES string of the molecule is COc1ccnc2c1=NC(=O)C(=O)N=2. The van der Waals surface area contributed by atoms with E-state index in [0.717, 1.165) is 0 Å². The van der Waals surface area contributed by atoms with Gasteiger partial charge in [0, 0.05) is 12.3 Å². The number of hydrogen-bond donors (Lipinski definition) is 0. The molecule has 0 saturated carbocycles. The lowest BCUT2D eigenvalue weighted by Crippen LogP contribution is -2.37. The van der Waals surface area contributed by atoms with Gasteiger partial charge in [-0.05, 0) is 0 Å². The molecule has 0 N–H and O–H groups in total. The van der Waals surface area contributed by atoms with E-state index in [4.69, 9.17) is 4.74 Å². The lowest BCUT2D eigenvalue weighted by Gasteiger charge is -2.01. The third kappa shape index (κ3) is 1.17. The molecule has 0 fully saturated rings. The number of fused-ring (bicyclic) bond motifs is 1. The largest absolute Gasteiger partial charge is 0.494 e. The Bertz CT molecular complexity index is 535. The van der Waals surface area contributed by atoms with E-state index in [1.54, 1.807) is 6.07 Å². The molecule has 0 bridgehead atoms. The summed E-state index contributed by atoms with van der Waals surface area (Å²) in [6, 6.07) is 1.54. The zero-order valence-electron chi connectivity index (χ0n) is 7.22. The van der Waals surface area contributed by atoms with Crippen molar-refractivity contribution >= 4 is 11.8 Å². The summed E-state index contributed by atoms with van der Waals surface area (Å²) >= 11 is 0.